The Balaban J connectivity index is 1.79. The molecule has 1 aliphatic rings. The predicted octanol–water partition coefficient (Wildman–Crippen LogP) is 3.27. The van der Waals surface area contributed by atoms with Crippen molar-refractivity contribution in [2.75, 3.05) is 22.6 Å². The van der Waals surface area contributed by atoms with Crippen molar-refractivity contribution in [3.8, 4) is 11.6 Å². The number of nitrogens with two attached hydrogens (primary N) is 1. The van der Waals surface area contributed by atoms with E-state index in [0.717, 1.165) is 5.56 Å². The van der Waals surface area contributed by atoms with Crippen LogP contribution in [0.1, 0.15) is 25.0 Å². The molecule has 2 aromatic carbocycles. The van der Waals surface area contributed by atoms with Gasteiger partial charge in [-0.25, -0.2) is 9.69 Å². The van der Waals surface area contributed by atoms with E-state index in [9.17, 15) is 4.79 Å². The van der Waals surface area contributed by atoms with Gasteiger partial charge in [-0.1, -0.05) is 0 Å². The number of ether oxygens (including phenoxy) is 2. The number of benzene rings is 2. The molecule has 1 aliphatic heterocycles. The average Bonchev–Trinajstić information content (AvgIpc) is 2.80. The third-order valence-corrected chi connectivity index (χ3v) is 5.29. The van der Waals surface area contributed by atoms with E-state index in [0.29, 0.717) is 46.6 Å². The van der Waals surface area contributed by atoms with Gasteiger partial charge in [-0.3, -0.25) is 9.89 Å². The standard InChI is InChI=1S/C25H24B3N5O3/c1-15(2)35-22-11-4-16-14-32(19-7-10-21(29)17(12-19)13-30-3)24(34)33(23(16)31-22)18-5-8-20(9-6-18)36-25(26,27)28/h4-13,15H,14,29H2,1-3H3. The third-order valence-electron chi connectivity index (χ3n) is 5.29. The smallest absolute Gasteiger partial charge is 0.335 e. The van der Waals surface area contributed by atoms with Crippen molar-refractivity contribution in [1.29, 1.82) is 0 Å². The Kier molecular flexibility index (Phi) is 7.01. The van der Waals surface area contributed by atoms with E-state index in [-0.39, 0.29) is 12.1 Å². The summed E-state index contributed by atoms with van der Waals surface area (Å²) in [4.78, 5) is 25.8. The Morgan fingerprint density at radius 3 is 2.42 bits per heavy atom. The molecule has 0 saturated heterocycles. The van der Waals surface area contributed by atoms with E-state index >= 15 is 0 Å². The summed E-state index contributed by atoms with van der Waals surface area (Å²) in [5.41, 5.74) is 9.41. The van der Waals surface area contributed by atoms with Crippen LogP contribution in [0.25, 0.3) is 0 Å². The Bertz CT molecular complexity index is 1290. The molecule has 0 spiro atoms. The predicted molar refractivity (Wildman–Crippen MR) is 145 cm³/mol. The molecule has 36 heavy (non-hydrogen) atoms. The number of rotatable bonds is 7. The Morgan fingerprint density at radius 1 is 1.08 bits per heavy atom. The van der Waals surface area contributed by atoms with Gasteiger partial charge in [-0.2, -0.15) is 4.98 Å². The summed E-state index contributed by atoms with van der Waals surface area (Å²) in [5.74, 6) is 1.24. The first kappa shape index (κ1) is 25.2. The minimum atomic E-state index is -1.83. The Hall–Kier alpha value is -3.88. The average molecular weight is 475 g/mol. The quantitative estimate of drug-likeness (QED) is 0.322. The fourth-order valence-corrected chi connectivity index (χ4v) is 3.82. The molecule has 0 unspecified atom stereocenters. The molecule has 0 saturated carbocycles. The van der Waals surface area contributed by atoms with Gasteiger partial charge in [0.05, 0.1) is 18.3 Å². The molecule has 6 radical (unpaired) electrons. The molecule has 11 heteroatoms. The Labute approximate surface area is 214 Å². The fourth-order valence-electron chi connectivity index (χ4n) is 3.82. The highest BCUT2D eigenvalue weighted by Gasteiger charge is 2.34. The van der Waals surface area contributed by atoms with E-state index < -0.39 is 5.30 Å². The number of aliphatic imine (C=N–C) groups is 1. The maximum atomic E-state index is 13.9. The lowest BCUT2D eigenvalue weighted by atomic mass is 9.52. The molecular formula is C25H24B3N5O3. The molecule has 2 N–H and O–H groups in total. The lowest BCUT2D eigenvalue weighted by Gasteiger charge is -2.36. The zero-order chi connectivity index (χ0) is 26.0. The van der Waals surface area contributed by atoms with Gasteiger partial charge in [-0.05, 0) is 67.7 Å². The molecule has 8 nitrogen and oxygen atoms in total. The van der Waals surface area contributed by atoms with Gasteiger partial charge in [0.15, 0.2) is 0 Å². The molecular weight excluding hydrogens is 451 g/mol. The van der Waals surface area contributed by atoms with Crippen molar-refractivity contribution in [3.05, 3.63) is 65.7 Å². The third kappa shape index (κ3) is 5.51. The molecule has 0 atom stereocenters. The number of aromatic nitrogens is 1. The number of fused-ring (bicyclic) bond motifs is 1. The van der Waals surface area contributed by atoms with E-state index in [4.69, 9.17) is 38.7 Å². The molecule has 3 aromatic rings. The van der Waals surface area contributed by atoms with Crippen LogP contribution in [0, 0.1) is 0 Å². The SMILES string of the molecule is [B]C([B])([B])Oc1ccc(N2C(=O)N(c3ccc(N)c(C=NC)c3)Cc3ccc(OC(C)C)nc32)cc1. The second-order valence-electron chi connectivity index (χ2n) is 8.65. The normalized spacial score (nSPS) is 13.8. The topological polar surface area (TPSA) is 93.3 Å². The highest BCUT2D eigenvalue weighted by atomic mass is 16.5. The number of carbonyl (C=O) groups excluding carboxylic acids is 1. The summed E-state index contributed by atoms with van der Waals surface area (Å²) in [6.45, 7) is 4.13. The lowest BCUT2D eigenvalue weighted by Crippen LogP contribution is -2.45. The zero-order valence-corrected chi connectivity index (χ0v) is 20.4. The second-order valence-corrected chi connectivity index (χ2v) is 8.65. The highest BCUT2D eigenvalue weighted by Crippen LogP contribution is 2.38. The van der Waals surface area contributed by atoms with Gasteiger partial charge in [0.2, 0.25) is 5.88 Å². The summed E-state index contributed by atoms with van der Waals surface area (Å²) in [6.07, 6.45) is 1.58. The minimum absolute atomic E-state index is 0.0753. The van der Waals surface area contributed by atoms with E-state index in [1.54, 1.807) is 60.6 Å². The molecule has 1 aromatic heterocycles. The molecule has 0 fully saturated rings. The maximum absolute atomic E-state index is 13.9. The first-order valence-electron chi connectivity index (χ1n) is 11.3. The number of carbonyl (C=O) groups is 1. The fraction of sp³-hybridized carbons (Fsp3) is 0.240. The first-order chi connectivity index (χ1) is 17.1. The lowest BCUT2D eigenvalue weighted by molar-refractivity contribution is 0.232. The van der Waals surface area contributed by atoms with E-state index in [1.807, 2.05) is 26.0 Å². The molecule has 0 aliphatic carbocycles. The van der Waals surface area contributed by atoms with Gasteiger partial charge in [-0.15, -0.1) is 0 Å². The van der Waals surface area contributed by atoms with Gasteiger partial charge in [0.1, 0.15) is 35.1 Å². The van der Waals surface area contributed by atoms with Crippen LogP contribution in [-0.4, -0.2) is 59.2 Å². The summed E-state index contributed by atoms with van der Waals surface area (Å²) in [7, 11) is 18.3. The van der Waals surface area contributed by atoms with Crippen LogP contribution in [0.3, 0.4) is 0 Å². The van der Waals surface area contributed by atoms with Gasteiger partial charge in [0, 0.05) is 41.8 Å². The van der Waals surface area contributed by atoms with Crippen LogP contribution in [0.5, 0.6) is 11.6 Å². The number of nitrogen functional groups attached to an aromatic ring is 1. The van der Waals surface area contributed by atoms with Gasteiger partial charge in [0.25, 0.3) is 0 Å². The van der Waals surface area contributed by atoms with E-state index in [2.05, 4.69) is 9.98 Å². The molecule has 176 valence electrons. The first-order valence-corrected chi connectivity index (χ1v) is 11.3. The summed E-state index contributed by atoms with van der Waals surface area (Å²) in [5, 5.41) is -1.83. The van der Waals surface area contributed by atoms with Crippen molar-refractivity contribution in [3.63, 3.8) is 0 Å². The summed E-state index contributed by atoms with van der Waals surface area (Å²) in [6, 6.07) is 15.4. The Morgan fingerprint density at radius 2 is 1.78 bits per heavy atom. The molecule has 0 bridgehead atoms. The number of amides is 2. The molecule has 2 amide bonds. The molecule has 2 heterocycles. The van der Waals surface area contributed by atoms with Crippen LogP contribution in [0.2, 0.25) is 0 Å². The van der Waals surface area contributed by atoms with Crippen LogP contribution >= 0.6 is 0 Å². The van der Waals surface area contributed by atoms with Crippen LogP contribution in [0.15, 0.2) is 59.6 Å². The molecule has 4 rings (SSSR count). The van der Waals surface area contributed by atoms with Gasteiger partial charge < -0.3 is 15.2 Å². The number of hydrogen-bond donors (Lipinski definition) is 1. The monoisotopic (exact) mass is 475 g/mol. The summed E-state index contributed by atoms with van der Waals surface area (Å²) >= 11 is 0. The van der Waals surface area contributed by atoms with Crippen molar-refractivity contribution in [2.45, 2.75) is 31.8 Å². The van der Waals surface area contributed by atoms with Crippen molar-refractivity contribution in [2.24, 2.45) is 4.99 Å². The van der Waals surface area contributed by atoms with Crippen LogP contribution < -0.4 is 25.0 Å². The number of nitrogens with zero attached hydrogens (tertiary/aromatic N) is 4. The number of urea groups is 1. The zero-order valence-electron chi connectivity index (χ0n) is 20.4. The largest absolute Gasteiger partial charge is 0.516 e. The van der Waals surface area contributed by atoms with Gasteiger partial charge >= 0.3 is 6.03 Å². The number of hydrogen-bond acceptors (Lipinski definition) is 6. The van der Waals surface area contributed by atoms with Crippen molar-refractivity contribution in [1.82, 2.24) is 4.98 Å². The summed E-state index contributed by atoms with van der Waals surface area (Å²) < 4.78 is 11.1. The number of pyridine rings is 1. The van der Waals surface area contributed by atoms with Crippen molar-refractivity contribution >= 4 is 58.7 Å². The van der Waals surface area contributed by atoms with Crippen LogP contribution in [0.4, 0.5) is 27.7 Å². The number of anilines is 4. The highest BCUT2D eigenvalue weighted by molar-refractivity contribution is 6.58. The van der Waals surface area contributed by atoms with Crippen LogP contribution in [-0.2, 0) is 6.54 Å². The minimum Gasteiger partial charge on any atom is -0.516 e. The van der Waals surface area contributed by atoms with Crippen molar-refractivity contribution < 1.29 is 14.3 Å². The van der Waals surface area contributed by atoms with E-state index in [1.165, 1.54) is 4.90 Å². The maximum Gasteiger partial charge on any atom is 0.335 e. The second kappa shape index (κ2) is 10.0.